The molecule has 204 valence electrons. The van der Waals surface area contributed by atoms with Gasteiger partial charge in [-0.05, 0) is 48.2 Å². The number of benzene rings is 2. The Balaban J connectivity index is 1.74. The van der Waals surface area contributed by atoms with Crippen LogP contribution in [0.5, 0.6) is 0 Å². The fraction of sp³-hybridized carbons (Fsp3) is 0.320. The van der Waals surface area contributed by atoms with Crippen molar-refractivity contribution in [1.29, 1.82) is 0 Å². The Bertz CT molecular complexity index is 1590. The van der Waals surface area contributed by atoms with E-state index in [2.05, 4.69) is 10.0 Å². The largest absolute Gasteiger partial charge is 0.509 e. The lowest BCUT2D eigenvalue weighted by molar-refractivity contribution is -0.128. The Labute approximate surface area is 226 Å². The lowest BCUT2D eigenvalue weighted by atomic mass is 9.94. The molecule has 4 rings (SSSR count). The minimum absolute atomic E-state index is 0.0161. The predicted octanol–water partition coefficient (Wildman–Crippen LogP) is 4.55. The SMILES string of the molecule is CCCC(C)C1C(O)=C(C2=CS(=O)(=O)c3cc(NS(C)(=O)=O)ccc3N2)C(=O)N1Cc1ccc(F)c(Cl)c1. The van der Waals surface area contributed by atoms with Crippen LogP contribution in [0.25, 0.3) is 0 Å². The molecule has 0 aromatic heterocycles. The number of anilines is 2. The van der Waals surface area contributed by atoms with Crippen LogP contribution in [0.3, 0.4) is 0 Å². The van der Waals surface area contributed by atoms with Crippen LogP contribution in [0, 0.1) is 11.7 Å². The molecule has 0 saturated carbocycles. The van der Waals surface area contributed by atoms with E-state index in [9.17, 15) is 31.1 Å². The van der Waals surface area contributed by atoms with Gasteiger partial charge in [0.1, 0.15) is 17.1 Å². The summed E-state index contributed by atoms with van der Waals surface area (Å²) in [7, 11) is -7.76. The van der Waals surface area contributed by atoms with Crippen molar-refractivity contribution in [2.75, 3.05) is 16.3 Å². The van der Waals surface area contributed by atoms with Gasteiger partial charge in [-0.15, -0.1) is 0 Å². The summed E-state index contributed by atoms with van der Waals surface area (Å²) >= 11 is 5.93. The fourth-order valence-corrected chi connectivity index (χ4v) is 6.87. The summed E-state index contributed by atoms with van der Waals surface area (Å²) in [6.07, 6.45) is 2.41. The van der Waals surface area contributed by atoms with Crippen molar-refractivity contribution in [2.24, 2.45) is 5.92 Å². The number of sulfonamides is 1. The molecule has 0 fully saturated rings. The molecular weight excluding hydrogens is 557 g/mol. The van der Waals surface area contributed by atoms with Gasteiger partial charge in [0.05, 0.1) is 39.0 Å². The Morgan fingerprint density at radius 2 is 1.95 bits per heavy atom. The van der Waals surface area contributed by atoms with Crippen LogP contribution in [0.15, 0.2) is 63.7 Å². The zero-order chi connectivity index (χ0) is 28.0. The second-order valence-electron chi connectivity index (χ2n) is 9.44. The topological polar surface area (TPSA) is 133 Å². The highest BCUT2D eigenvalue weighted by Gasteiger charge is 2.44. The number of nitrogens with zero attached hydrogens (tertiary/aromatic N) is 1. The van der Waals surface area contributed by atoms with Gasteiger partial charge >= 0.3 is 0 Å². The first-order chi connectivity index (χ1) is 17.7. The number of fused-ring (bicyclic) bond motifs is 1. The fourth-order valence-electron chi connectivity index (χ4n) is 4.78. The first-order valence-corrected chi connectivity index (χ1v) is 15.6. The number of hydrogen-bond donors (Lipinski definition) is 3. The van der Waals surface area contributed by atoms with Crippen molar-refractivity contribution < 1.29 is 31.1 Å². The molecule has 2 aromatic carbocycles. The van der Waals surface area contributed by atoms with E-state index in [1.807, 2.05) is 13.8 Å². The quantitative estimate of drug-likeness (QED) is 0.415. The lowest BCUT2D eigenvalue weighted by Gasteiger charge is -2.30. The van der Waals surface area contributed by atoms with E-state index < -0.39 is 37.6 Å². The highest BCUT2D eigenvalue weighted by Crippen LogP contribution is 2.40. The molecule has 2 atom stereocenters. The van der Waals surface area contributed by atoms with Crippen LogP contribution in [-0.4, -0.2) is 45.0 Å². The summed E-state index contributed by atoms with van der Waals surface area (Å²) in [5.74, 6) is -1.63. The molecule has 9 nitrogen and oxygen atoms in total. The Kier molecular flexibility index (Phi) is 7.52. The average Bonchev–Trinajstić information content (AvgIpc) is 3.04. The van der Waals surface area contributed by atoms with Crippen LogP contribution < -0.4 is 10.0 Å². The number of aliphatic hydroxyl groups excluding tert-OH is 1. The molecule has 1 amide bonds. The summed E-state index contributed by atoms with van der Waals surface area (Å²) in [6.45, 7) is 3.87. The number of nitrogens with one attached hydrogen (secondary N) is 2. The number of amides is 1. The number of sulfone groups is 1. The summed E-state index contributed by atoms with van der Waals surface area (Å²) in [5, 5.41) is 14.9. The Morgan fingerprint density at radius 3 is 2.58 bits per heavy atom. The van der Waals surface area contributed by atoms with E-state index in [4.69, 9.17) is 11.6 Å². The zero-order valence-electron chi connectivity index (χ0n) is 20.8. The number of carbonyl (C=O) groups excluding carboxylic acids is 1. The highest BCUT2D eigenvalue weighted by atomic mass is 35.5. The molecule has 0 aliphatic carbocycles. The van der Waals surface area contributed by atoms with E-state index in [1.165, 1.54) is 41.3 Å². The van der Waals surface area contributed by atoms with Crippen molar-refractivity contribution in [1.82, 2.24) is 4.90 Å². The molecular formula is C25H27ClFN3O6S2. The standard InChI is InChI=1S/C25H27ClFN3O6S2/c1-4-5-14(2)23-24(31)22(25(32)30(23)12-15-6-8-18(27)17(26)10-15)20-13-38(35,36)21-11-16(29-37(3,33)34)7-9-19(21)28-20/h6-11,13-14,23,28-29,31H,4-5,12H2,1-3H3. The summed E-state index contributed by atoms with van der Waals surface area (Å²) in [6, 6.07) is 7.28. The first kappa shape index (κ1) is 27.9. The molecule has 2 aliphatic rings. The van der Waals surface area contributed by atoms with Gasteiger partial charge in [-0.3, -0.25) is 9.52 Å². The minimum atomic E-state index is -4.12. The predicted molar refractivity (Wildman–Crippen MR) is 143 cm³/mol. The molecule has 2 unspecified atom stereocenters. The molecule has 2 aromatic rings. The molecule has 13 heteroatoms. The van der Waals surface area contributed by atoms with Gasteiger partial charge in [-0.2, -0.15) is 0 Å². The number of halogens is 2. The zero-order valence-corrected chi connectivity index (χ0v) is 23.2. The summed E-state index contributed by atoms with van der Waals surface area (Å²) in [4.78, 5) is 14.9. The second-order valence-corrected chi connectivity index (χ2v) is 13.4. The Morgan fingerprint density at radius 1 is 1.24 bits per heavy atom. The van der Waals surface area contributed by atoms with Gasteiger partial charge < -0.3 is 15.3 Å². The molecule has 0 bridgehead atoms. The maximum Gasteiger partial charge on any atom is 0.260 e. The molecule has 2 aliphatic heterocycles. The van der Waals surface area contributed by atoms with Crippen molar-refractivity contribution in [3.05, 3.63) is 75.2 Å². The third-order valence-corrected chi connectivity index (χ3v) is 8.76. The van der Waals surface area contributed by atoms with E-state index in [1.54, 1.807) is 0 Å². The smallest absolute Gasteiger partial charge is 0.260 e. The maximum atomic E-state index is 13.7. The number of rotatable bonds is 8. The van der Waals surface area contributed by atoms with E-state index in [0.29, 0.717) is 12.0 Å². The summed E-state index contributed by atoms with van der Waals surface area (Å²) < 4.78 is 65.4. The normalized spacial score (nSPS) is 19.6. The lowest BCUT2D eigenvalue weighted by Crippen LogP contribution is -2.39. The maximum absolute atomic E-state index is 13.7. The first-order valence-electron chi connectivity index (χ1n) is 11.8. The Hall–Kier alpha value is -3.09. The number of aliphatic hydroxyl groups is 1. The van der Waals surface area contributed by atoms with Crippen LogP contribution in [0.2, 0.25) is 5.02 Å². The van der Waals surface area contributed by atoms with Crippen molar-refractivity contribution in [3.63, 3.8) is 0 Å². The minimum Gasteiger partial charge on any atom is -0.509 e. The van der Waals surface area contributed by atoms with Crippen molar-refractivity contribution in [3.8, 4) is 0 Å². The molecule has 0 spiro atoms. The molecule has 38 heavy (non-hydrogen) atoms. The van der Waals surface area contributed by atoms with Crippen LogP contribution >= 0.6 is 11.6 Å². The van der Waals surface area contributed by atoms with Gasteiger partial charge in [0.2, 0.25) is 19.9 Å². The van der Waals surface area contributed by atoms with Gasteiger partial charge in [0, 0.05) is 12.2 Å². The monoisotopic (exact) mass is 583 g/mol. The van der Waals surface area contributed by atoms with Gasteiger partial charge in [-0.25, -0.2) is 21.2 Å². The van der Waals surface area contributed by atoms with E-state index in [0.717, 1.165) is 18.1 Å². The number of hydrogen-bond acceptors (Lipinski definition) is 7. The average molecular weight is 584 g/mol. The van der Waals surface area contributed by atoms with Crippen LogP contribution in [-0.2, 0) is 31.2 Å². The molecule has 0 radical (unpaired) electrons. The van der Waals surface area contributed by atoms with E-state index >= 15 is 0 Å². The molecule has 2 heterocycles. The van der Waals surface area contributed by atoms with Crippen LogP contribution in [0.4, 0.5) is 15.8 Å². The summed E-state index contributed by atoms with van der Waals surface area (Å²) in [5.41, 5.74) is 0.444. The van der Waals surface area contributed by atoms with Gasteiger partial charge in [0.25, 0.3) is 5.91 Å². The molecule has 0 saturated heterocycles. The second kappa shape index (κ2) is 10.2. The van der Waals surface area contributed by atoms with Gasteiger partial charge in [0.15, 0.2) is 0 Å². The third-order valence-electron chi connectivity index (χ3n) is 6.37. The van der Waals surface area contributed by atoms with Gasteiger partial charge in [-0.1, -0.05) is 37.9 Å². The highest BCUT2D eigenvalue weighted by molar-refractivity contribution is 7.94. The third kappa shape index (κ3) is 5.52. The van der Waals surface area contributed by atoms with Crippen molar-refractivity contribution >= 4 is 48.7 Å². The van der Waals surface area contributed by atoms with Crippen molar-refractivity contribution in [2.45, 2.75) is 44.2 Å². The van der Waals surface area contributed by atoms with Crippen LogP contribution in [0.1, 0.15) is 32.3 Å². The molecule has 3 N–H and O–H groups in total. The van der Waals surface area contributed by atoms with E-state index in [-0.39, 0.29) is 50.8 Å². The number of carbonyl (C=O) groups is 1.